The van der Waals surface area contributed by atoms with Crippen LogP contribution in [0.4, 0.5) is 24.3 Å². The van der Waals surface area contributed by atoms with Crippen LogP contribution in [0.15, 0.2) is 54.0 Å². The number of hydrogen-bond donors (Lipinski definition) is 3. The number of nitrogen functional groups attached to an aromatic ring is 1. The molecule has 3 aromatic rings. The molecule has 0 radical (unpaired) electrons. The maximum absolute atomic E-state index is 13.9. The molecule has 9 nitrogen and oxygen atoms in total. The van der Waals surface area contributed by atoms with E-state index in [2.05, 4.69) is 25.6 Å². The lowest BCUT2D eigenvalue weighted by Crippen LogP contribution is -2.50. The van der Waals surface area contributed by atoms with Crippen LogP contribution in [0.25, 0.3) is 22.4 Å². The highest BCUT2D eigenvalue weighted by Gasteiger charge is 2.47. The van der Waals surface area contributed by atoms with E-state index >= 15 is 0 Å². The number of nitrogens with two attached hydrogens (primary N) is 1. The molecular formula is C24H24F3N7O2S2. The molecular weight excluding hydrogens is 539 g/mol. The van der Waals surface area contributed by atoms with Crippen LogP contribution in [-0.4, -0.2) is 65.3 Å². The van der Waals surface area contributed by atoms with Gasteiger partial charge in [0.2, 0.25) is 16.0 Å². The molecule has 0 amide bonds. The molecule has 200 valence electrons. The second kappa shape index (κ2) is 10.4. The van der Waals surface area contributed by atoms with Gasteiger partial charge in [0.25, 0.3) is 0 Å². The van der Waals surface area contributed by atoms with Gasteiger partial charge in [-0.25, -0.2) is 23.4 Å². The Kier molecular flexibility index (Phi) is 7.22. The molecule has 1 aliphatic carbocycles. The third-order valence-electron chi connectivity index (χ3n) is 6.16. The number of piperazine rings is 1. The Morgan fingerprint density at radius 3 is 2.55 bits per heavy atom. The Bertz CT molecular complexity index is 1520. The molecule has 4 N–H and O–H groups in total. The van der Waals surface area contributed by atoms with Gasteiger partial charge in [0.1, 0.15) is 5.25 Å². The van der Waals surface area contributed by atoms with Crippen LogP contribution < -0.4 is 16.4 Å². The fourth-order valence-corrected chi connectivity index (χ4v) is 6.96. The van der Waals surface area contributed by atoms with Crippen molar-refractivity contribution < 1.29 is 21.6 Å². The number of hydrogen-bond acceptors (Lipinski definition) is 9. The molecule has 1 fully saturated rings. The summed E-state index contributed by atoms with van der Waals surface area (Å²) < 4.78 is 69.8. The molecule has 1 unspecified atom stereocenters. The molecule has 2 aliphatic rings. The molecule has 1 saturated heterocycles. The molecule has 0 spiro atoms. The largest absolute Gasteiger partial charge is 0.414 e. The fraction of sp³-hybridized carbons (Fsp3) is 0.292. The van der Waals surface area contributed by atoms with Gasteiger partial charge in [0.05, 0.1) is 15.8 Å². The molecule has 1 aliphatic heterocycles. The zero-order valence-electron chi connectivity index (χ0n) is 19.9. The van der Waals surface area contributed by atoms with Gasteiger partial charge in [0, 0.05) is 49.8 Å². The highest BCUT2D eigenvalue weighted by atomic mass is 32.2. The molecule has 1 atom stereocenters. The first-order chi connectivity index (χ1) is 18.1. The van der Waals surface area contributed by atoms with E-state index in [4.69, 9.17) is 5.73 Å². The minimum atomic E-state index is -4.81. The molecule has 0 saturated carbocycles. The Balaban J connectivity index is 1.29. The van der Waals surface area contributed by atoms with Crippen molar-refractivity contribution in [1.29, 1.82) is 0 Å². The van der Waals surface area contributed by atoms with Gasteiger partial charge in [-0.2, -0.15) is 17.5 Å². The van der Waals surface area contributed by atoms with Gasteiger partial charge in [-0.1, -0.05) is 35.6 Å². The number of allylic oxidation sites excluding steroid dienone is 2. The maximum Gasteiger partial charge on any atom is 0.414 e. The van der Waals surface area contributed by atoms with Crippen molar-refractivity contribution in [2.75, 3.05) is 37.2 Å². The monoisotopic (exact) mass is 563 g/mol. The van der Waals surface area contributed by atoms with Crippen LogP contribution in [0.1, 0.15) is 17.5 Å². The molecule has 5 rings (SSSR count). The Labute approximate surface area is 221 Å². The predicted octanol–water partition coefficient (Wildman–Crippen LogP) is 3.63. The lowest BCUT2D eigenvalue weighted by molar-refractivity contribution is -0.0938. The molecule has 14 heteroatoms. The number of nitrogens with one attached hydrogen (secondary N) is 2. The highest BCUT2D eigenvalue weighted by molar-refractivity contribution is 7.90. The second-order valence-corrected chi connectivity index (χ2v) is 11.9. The van der Waals surface area contributed by atoms with Gasteiger partial charge >= 0.3 is 6.18 Å². The third kappa shape index (κ3) is 5.72. The highest BCUT2D eigenvalue weighted by Crippen LogP contribution is 2.37. The van der Waals surface area contributed by atoms with Crippen molar-refractivity contribution in [2.24, 2.45) is 0 Å². The topological polar surface area (TPSA) is 126 Å². The average Bonchev–Trinajstić information content (AvgIpc) is 3.27. The fourth-order valence-electron chi connectivity index (χ4n) is 4.27. The minimum absolute atomic E-state index is 0.0875. The number of nitrogens with zero attached hydrogens (tertiary/aromatic N) is 4. The Morgan fingerprint density at radius 1 is 1.13 bits per heavy atom. The van der Waals surface area contributed by atoms with Crippen LogP contribution >= 0.6 is 11.3 Å². The van der Waals surface area contributed by atoms with Crippen LogP contribution in [0.5, 0.6) is 0 Å². The van der Waals surface area contributed by atoms with E-state index in [-0.39, 0.29) is 31.2 Å². The van der Waals surface area contributed by atoms with Crippen LogP contribution in [0, 0.1) is 0 Å². The van der Waals surface area contributed by atoms with Crippen molar-refractivity contribution in [3.8, 4) is 0 Å². The first-order valence-corrected chi connectivity index (χ1v) is 14.0. The summed E-state index contributed by atoms with van der Waals surface area (Å²) in [6.07, 6.45) is 3.89. The smallest absolute Gasteiger partial charge is 0.375 e. The summed E-state index contributed by atoms with van der Waals surface area (Å²) in [5, 5.41) is 4.57. The van der Waals surface area contributed by atoms with Crippen LogP contribution in [0.3, 0.4) is 0 Å². The van der Waals surface area contributed by atoms with Gasteiger partial charge in [-0.3, -0.25) is 0 Å². The van der Waals surface area contributed by atoms with Gasteiger partial charge in [-0.05, 0) is 30.2 Å². The second-order valence-electron chi connectivity index (χ2n) is 8.75. The zero-order chi connectivity index (χ0) is 26.9. The zero-order valence-corrected chi connectivity index (χ0v) is 21.6. The molecule has 38 heavy (non-hydrogen) atoms. The van der Waals surface area contributed by atoms with E-state index in [1.807, 2.05) is 30.4 Å². The quantitative estimate of drug-likeness (QED) is 0.415. The molecule has 1 aromatic carbocycles. The number of fused-ring (bicyclic) bond motifs is 1. The number of rotatable bonds is 6. The minimum Gasteiger partial charge on any atom is -0.375 e. The summed E-state index contributed by atoms with van der Waals surface area (Å²) in [6.45, 7) is 1.08. The number of aromatic nitrogens is 3. The van der Waals surface area contributed by atoms with Crippen molar-refractivity contribution in [1.82, 2.24) is 24.6 Å². The van der Waals surface area contributed by atoms with Crippen molar-refractivity contribution in [2.45, 2.75) is 17.8 Å². The number of alkyl halides is 3. The Morgan fingerprint density at radius 2 is 1.84 bits per heavy atom. The summed E-state index contributed by atoms with van der Waals surface area (Å²) in [4.78, 5) is 12.6. The number of halogens is 3. The summed E-state index contributed by atoms with van der Waals surface area (Å²) in [5.41, 5.74) is 7.17. The van der Waals surface area contributed by atoms with Crippen molar-refractivity contribution in [3.63, 3.8) is 0 Å². The van der Waals surface area contributed by atoms with E-state index in [0.717, 1.165) is 26.2 Å². The number of anilines is 2. The van der Waals surface area contributed by atoms with Crippen LogP contribution in [0.2, 0.25) is 0 Å². The molecule has 3 heterocycles. The average molecular weight is 564 g/mol. The van der Waals surface area contributed by atoms with E-state index < -0.39 is 27.0 Å². The van der Waals surface area contributed by atoms with E-state index in [0.29, 0.717) is 23.8 Å². The standard InChI is InChI=1S/C24H24F3N7O2S2/c25-24(26,27)18-12-17(4-6-21(18)38(35,36)34-9-7-29-8-10-34)32-23-30-13-16(14-31-23)2-1-15-3-5-19-20(11-15)37-22(28)33-19/h1-5,11-14,21,29H,6-10H2,(H2,28,33)(H,30,31,32)/b2-1+. The third-order valence-corrected chi connectivity index (χ3v) is 9.26. The lowest BCUT2D eigenvalue weighted by Gasteiger charge is -2.33. The number of sulfonamides is 1. The normalized spacial score (nSPS) is 19.5. The summed E-state index contributed by atoms with van der Waals surface area (Å²) >= 11 is 1.40. The van der Waals surface area contributed by atoms with E-state index in [1.54, 1.807) is 0 Å². The van der Waals surface area contributed by atoms with E-state index in [1.165, 1.54) is 29.8 Å². The maximum atomic E-state index is 13.9. The summed E-state index contributed by atoms with van der Waals surface area (Å²) in [6, 6.07) is 5.75. The number of benzene rings is 1. The van der Waals surface area contributed by atoms with Gasteiger partial charge < -0.3 is 16.4 Å². The van der Waals surface area contributed by atoms with E-state index in [9.17, 15) is 21.6 Å². The van der Waals surface area contributed by atoms with Gasteiger partial charge in [0.15, 0.2) is 5.13 Å². The summed E-state index contributed by atoms with van der Waals surface area (Å²) in [7, 11) is -4.17. The predicted molar refractivity (Wildman–Crippen MR) is 143 cm³/mol. The Hall–Kier alpha value is -3.33. The van der Waals surface area contributed by atoms with Crippen molar-refractivity contribution >= 4 is 54.8 Å². The lowest BCUT2D eigenvalue weighted by atomic mass is 10.0. The first-order valence-electron chi connectivity index (χ1n) is 11.7. The summed E-state index contributed by atoms with van der Waals surface area (Å²) in [5.74, 6) is 0.0936. The molecule has 0 bridgehead atoms. The molecule has 2 aromatic heterocycles. The first kappa shape index (κ1) is 26.3. The van der Waals surface area contributed by atoms with Crippen molar-refractivity contribution in [3.05, 3.63) is 65.1 Å². The SMILES string of the molecule is Nc1nc2ccc(/C=C/c3cnc(NC4=CCC(S(=O)(=O)N5CCNCC5)C(C(F)(F)F)=C4)nc3)cc2s1. The van der Waals surface area contributed by atoms with Gasteiger partial charge in [-0.15, -0.1) is 0 Å². The number of thiazole rings is 1. The van der Waals surface area contributed by atoms with Crippen LogP contribution in [-0.2, 0) is 10.0 Å².